The van der Waals surface area contributed by atoms with Crippen molar-refractivity contribution in [3.8, 4) is 0 Å². The van der Waals surface area contributed by atoms with E-state index in [1.165, 1.54) is 10.9 Å². The molecule has 0 amide bonds. The molecule has 2 aromatic heterocycles. The van der Waals surface area contributed by atoms with Crippen LogP contribution in [-0.4, -0.2) is 79.3 Å². The third-order valence-electron chi connectivity index (χ3n) is 4.49. The molecule has 202 valence electrons. The molecule has 1 saturated heterocycles. The molecule has 7 N–H and O–H groups in total. The Morgan fingerprint density at radius 2 is 1.72 bits per heavy atom. The number of aliphatic hydroxyl groups excluding tert-OH is 2. The van der Waals surface area contributed by atoms with Crippen molar-refractivity contribution in [2.24, 2.45) is 7.05 Å². The molecular weight excluding hydrogens is 559 g/mol. The van der Waals surface area contributed by atoms with Crippen LogP contribution in [0.4, 0.5) is 0 Å². The molecule has 0 aliphatic carbocycles. The van der Waals surface area contributed by atoms with E-state index in [0.717, 1.165) is 10.8 Å². The standard InChI is InChI=1S/C13H20N5O15P3/c1-17-4-7(15-16-17)2-6-3-18(13(22)14-11(6)21)12-10(20)9(19)8(31-12)5-30-35(26,27)33-36(28,29)32-34(23,24)25/h3-4,8-10,12,19-20H,2,5H2,1H3,(H,26,27)(H,28,29)(H,14,21,22)(H2,23,24,25)/t8-,9?,10+,12-/m1/s1. The van der Waals surface area contributed by atoms with Gasteiger partial charge in [-0.3, -0.25) is 23.6 Å². The van der Waals surface area contributed by atoms with Gasteiger partial charge in [-0.05, 0) is 0 Å². The molecule has 3 unspecified atom stereocenters. The van der Waals surface area contributed by atoms with Crippen molar-refractivity contribution in [3.05, 3.63) is 44.5 Å². The monoisotopic (exact) mass is 579 g/mol. The molecule has 23 heteroatoms. The molecule has 1 fully saturated rings. The number of ether oxygens (including phenoxy) is 1. The fraction of sp³-hybridized carbons (Fsp3) is 0.538. The van der Waals surface area contributed by atoms with Gasteiger partial charge in [-0.1, -0.05) is 5.21 Å². The minimum Gasteiger partial charge on any atom is -0.387 e. The Hall–Kier alpha value is -1.89. The summed E-state index contributed by atoms with van der Waals surface area (Å²) in [5.74, 6) is 0. The van der Waals surface area contributed by atoms with Gasteiger partial charge in [0.25, 0.3) is 5.56 Å². The zero-order valence-corrected chi connectivity index (χ0v) is 20.5. The highest BCUT2D eigenvalue weighted by Gasteiger charge is 2.46. The van der Waals surface area contributed by atoms with Gasteiger partial charge in [0.15, 0.2) is 6.23 Å². The maximum atomic E-state index is 12.3. The van der Waals surface area contributed by atoms with Crippen LogP contribution in [0.15, 0.2) is 22.0 Å². The Bertz CT molecular complexity index is 1370. The van der Waals surface area contributed by atoms with Crippen molar-refractivity contribution >= 4 is 23.5 Å². The highest BCUT2D eigenvalue weighted by molar-refractivity contribution is 7.66. The highest BCUT2D eigenvalue weighted by Crippen LogP contribution is 2.66. The van der Waals surface area contributed by atoms with Crippen molar-refractivity contribution in [1.29, 1.82) is 0 Å². The van der Waals surface area contributed by atoms with Crippen LogP contribution >= 0.6 is 23.5 Å². The fourth-order valence-electron chi connectivity index (χ4n) is 3.08. The molecule has 3 rings (SSSR count). The molecular formula is C13H20N5O15P3. The van der Waals surface area contributed by atoms with Gasteiger partial charge in [0.2, 0.25) is 0 Å². The molecule has 3 heterocycles. The second-order valence-corrected chi connectivity index (χ2v) is 11.7. The van der Waals surface area contributed by atoms with Gasteiger partial charge in [-0.2, -0.15) is 8.62 Å². The zero-order valence-electron chi connectivity index (χ0n) is 17.9. The van der Waals surface area contributed by atoms with Crippen LogP contribution in [-0.2, 0) is 45.0 Å². The number of rotatable bonds is 10. The number of nitrogens with one attached hydrogen (secondary N) is 1. The second kappa shape index (κ2) is 10.5. The van der Waals surface area contributed by atoms with E-state index in [9.17, 15) is 38.4 Å². The van der Waals surface area contributed by atoms with E-state index in [4.69, 9.17) is 19.4 Å². The summed E-state index contributed by atoms with van der Waals surface area (Å²) in [6, 6.07) is 0. The van der Waals surface area contributed by atoms with E-state index in [0.29, 0.717) is 5.69 Å². The molecule has 36 heavy (non-hydrogen) atoms. The molecule has 6 atom stereocenters. The normalized spacial score (nSPS) is 26.0. The Morgan fingerprint density at radius 3 is 2.31 bits per heavy atom. The summed E-state index contributed by atoms with van der Waals surface area (Å²) >= 11 is 0. The average Bonchev–Trinajstić information content (AvgIpc) is 3.23. The van der Waals surface area contributed by atoms with Gasteiger partial charge in [0.1, 0.15) is 18.3 Å². The van der Waals surface area contributed by atoms with Crippen molar-refractivity contribution in [1.82, 2.24) is 24.5 Å². The van der Waals surface area contributed by atoms with Crippen molar-refractivity contribution in [2.45, 2.75) is 31.0 Å². The predicted molar refractivity (Wildman–Crippen MR) is 111 cm³/mol. The maximum absolute atomic E-state index is 12.3. The van der Waals surface area contributed by atoms with E-state index in [1.807, 2.05) is 4.98 Å². The van der Waals surface area contributed by atoms with E-state index < -0.39 is 65.9 Å². The minimum absolute atomic E-state index is 0.0112. The van der Waals surface area contributed by atoms with Crippen LogP contribution < -0.4 is 11.2 Å². The van der Waals surface area contributed by atoms with Crippen LogP contribution in [0.5, 0.6) is 0 Å². The number of phosphoric ester groups is 1. The molecule has 0 saturated carbocycles. The Labute approximate surface area is 199 Å². The molecule has 0 spiro atoms. The van der Waals surface area contributed by atoms with Gasteiger partial charge >= 0.3 is 29.2 Å². The smallest absolute Gasteiger partial charge is 0.387 e. The fourth-order valence-corrected chi connectivity index (χ4v) is 6.11. The van der Waals surface area contributed by atoms with E-state index in [1.54, 1.807) is 7.05 Å². The number of aromatic nitrogens is 5. The lowest BCUT2D eigenvalue weighted by molar-refractivity contribution is -0.0543. The van der Waals surface area contributed by atoms with Gasteiger partial charge < -0.3 is 34.5 Å². The van der Waals surface area contributed by atoms with E-state index in [-0.39, 0.29) is 12.0 Å². The number of aryl methyl sites for hydroxylation is 1. The lowest BCUT2D eigenvalue weighted by Gasteiger charge is -2.19. The summed E-state index contributed by atoms with van der Waals surface area (Å²) in [6.45, 7) is -1.08. The van der Waals surface area contributed by atoms with Crippen LogP contribution in [0.25, 0.3) is 0 Å². The lowest BCUT2D eigenvalue weighted by Crippen LogP contribution is -2.39. The minimum atomic E-state index is -5.77. The number of hydrogen-bond acceptors (Lipinski definition) is 13. The van der Waals surface area contributed by atoms with Gasteiger partial charge in [-0.25, -0.2) is 18.5 Å². The molecule has 1 aliphatic heterocycles. The summed E-state index contributed by atoms with van der Waals surface area (Å²) in [5, 5.41) is 28.1. The SMILES string of the molecule is Cn1cc(Cc2cn([C@@H]3O[C@H](COP(=O)(O)OP(=O)(O)OP(=O)(O)O)C(O)[C@@H]3O)c(=O)[nH]c2=O)nn1. The molecule has 2 aromatic rings. The molecule has 1 aliphatic rings. The van der Waals surface area contributed by atoms with E-state index >= 15 is 0 Å². The lowest BCUT2D eigenvalue weighted by atomic mass is 10.1. The summed E-state index contributed by atoms with van der Waals surface area (Å²) in [7, 11) is -15.3. The number of aromatic amines is 1. The Balaban J connectivity index is 1.73. The number of H-pyrrole nitrogens is 1. The number of nitrogens with zero attached hydrogens (tertiary/aromatic N) is 4. The van der Waals surface area contributed by atoms with Crippen LogP contribution in [0.2, 0.25) is 0 Å². The second-order valence-electron chi connectivity index (χ2n) is 7.31. The predicted octanol–water partition coefficient (Wildman–Crippen LogP) is -2.78. The van der Waals surface area contributed by atoms with Crippen molar-refractivity contribution in [2.75, 3.05) is 6.61 Å². The van der Waals surface area contributed by atoms with Crippen LogP contribution in [0, 0.1) is 0 Å². The first-order valence-electron chi connectivity index (χ1n) is 9.46. The third-order valence-corrected chi connectivity index (χ3v) is 8.30. The van der Waals surface area contributed by atoms with Crippen molar-refractivity contribution < 1.29 is 61.4 Å². The molecule has 0 bridgehead atoms. The first-order valence-corrected chi connectivity index (χ1v) is 14.0. The first kappa shape index (κ1) is 28.7. The highest BCUT2D eigenvalue weighted by atomic mass is 31.3. The zero-order chi connectivity index (χ0) is 27.1. The summed E-state index contributed by atoms with van der Waals surface area (Å²) < 4.78 is 52.8. The third kappa shape index (κ3) is 7.33. The average molecular weight is 579 g/mol. The molecule has 0 radical (unpaired) electrons. The van der Waals surface area contributed by atoms with E-state index in [2.05, 4.69) is 23.5 Å². The first-order chi connectivity index (χ1) is 16.5. The van der Waals surface area contributed by atoms with Gasteiger partial charge in [0, 0.05) is 31.4 Å². The Morgan fingerprint density at radius 1 is 1.06 bits per heavy atom. The van der Waals surface area contributed by atoms with Crippen LogP contribution in [0.3, 0.4) is 0 Å². The maximum Gasteiger partial charge on any atom is 0.490 e. The quantitative estimate of drug-likeness (QED) is 0.140. The Kier molecular flexibility index (Phi) is 8.34. The number of aliphatic hydroxyl groups is 2. The molecule has 20 nitrogen and oxygen atoms in total. The van der Waals surface area contributed by atoms with Gasteiger partial charge in [-0.15, -0.1) is 5.10 Å². The summed E-state index contributed by atoms with van der Waals surface area (Å²) in [5.41, 5.74) is -1.42. The van der Waals surface area contributed by atoms with Crippen molar-refractivity contribution in [3.63, 3.8) is 0 Å². The largest absolute Gasteiger partial charge is 0.490 e. The molecule has 0 aromatic carbocycles. The summed E-state index contributed by atoms with van der Waals surface area (Å²) in [6.07, 6.45) is -4.43. The number of hydrogen-bond donors (Lipinski definition) is 7. The van der Waals surface area contributed by atoms with Crippen LogP contribution in [0.1, 0.15) is 17.5 Å². The topological polar surface area (TPSA) is 295 Å². The van der Waals surface area contributed by atoms with Gasteiger partial charge in [0.05, 0.1) is 12.3 Å². The number of phosphoric acid groups is 3. The summed E-state index contributed by atoms with van der Waals surface area (Å²) in [4.78, 5) is 62.2.